The fourth-order valence-corrected chi connectivity index (χ4v) is 4.75. The summed E-state index contributed by atoms with van der Waals surface area (Å²) in [6, 6.07) is 8.27. The van der Waals surface area contributed by atoms with Crippen molar-refractivity contribution in [2.24, 2.45) is 0 Å². The van der Waals surface area contributed by atoms with Crippen molar-refractivity contribution >= 4 is 11.0 Å². The maximum absolute atomic E-state index is 5.62. The number of rotatable bonds is 22. The Kier molecular flexibility index (Phi) is 15.6. The van der Waals surface area contributed by atoms with Gasteiger partial charge in [0, 0.05) is 17.6 Å². The van der Waals surface area contributed by atoms with Gasteiger partial charge in [0.05, 0.1) is 6.26 Å². The summed E-state index contributed by atoms with van der Waals surface area (Å²) in [5, 5.41) is 4.74. The van der Waals surface area contributed by atoms with Gasteiger partial charge in [-0.2, -0.15) is 0 Å². The number of furan rings is 1. The number of benzene rings is 1. The highest BCUT2D eigenvalue weighted by molar-refractivity contribution is 5.80. The Bertz CT molecular complexity index is 731. The Balaban J connectivity index is 1.31. The highest BCUT2D eigenvalue weighted by Crippen LogP contribution is 2.21. The van der Waals surface area contributed by atoms with Crippen LogP contribution in [0.4, 0.5) is 0 Å². The minimum atomic E-state index is 0.932. The third-order valence-corrected chi connectivity index (χ3v) is 6.91. The number of allylic oxidation sites excluding steroid dienone is 1. The number of nitrogens with one attached hydrogen (secondary N) is 1. The van der Waals surface area contributed by atoms with E-state index in [2.05, 4.69) is 31.0 Å². The van der Waals surface area contributed by atoms with Crippen LogP contribution in [0, 0.1) is 0 Å². The third-order valence-electron chi connectivity index (χ3n) is 6.91. The van der Waals surface area contributed by atoms with Crippen molar-refractivity contribution < 1.29 is 4.42 Å². The predicted octanol–water partition coefficient (Wildman–Crippen LogP) is 10.1. The number of hydrogen-bond acceptors (Lipinski definition) is 2. The maximum atomic E-state index is 5.62. The van der Waals surface area contributed by atoms with E-state index >= 15 is 0 Å². The summed E-state index contributed by atoms with van der Waals surface area (Å²) >= 11 is 0. The van der Waals surface area contributed by atoms with Gasteiger partial charge in [0.1, 0.15) is 5.58 Å². The molecule has 0 aliphatic heterocycles. The minimum absolute atomic E-state index is 0.932. The molecule has 0 bridgehead atoms. The number of fused-ring (bicyclic) bond motifs is 1. The number of hydrogen-bond donors (Lipinski definition) is 1. The topological polar surface area (TPSA) is 25.2 Å². The van der Waals surface area contributed by atoms with Crippen molar-refractivity contribution in [1.82, 2.24) is 5.32 Å². The molecule has 0 atom stereocenters. The maximum Gasteiger partial charge on any atom is 0.134 e. The van der Waals surface area contributed by atoms with Crippen LogP contribution in [0.25, 0.3) is 11.0 Å². The molecule has 33 heavy (non-hydrogen) atoms. The van der Waals surface area contributed by atoms with Crippen LogP contribution in [-0.2, 0) is 6.42 Å². The monoisotopic (exact) mass is 453 g/mol. The van der Waals surface area contributed by atoms with Gasteiger partial charge < -0.3 is 9.73 Å². The smallest absolute Gasteiger partial charge is 0.134 e. The molecule has 2 rings (SSSR count). The molecule has 0 fully saturated rings. The minimum Gasteiger partial charge on any atom is -0.464 e. The Morgan fingerprint density at radius 1 is 0.727 bits per heavy atom. The molecule has 0 aliphatic carbocycles. The Morgan fingerprint density at radius 3 is 1.82 bits per heavy atom. The van der Waals surface area contributed by atoms with Crippen LogP contribution in [0.1, 0.15) is 128 Å². The molecule has 1 N–H and O–H groups in total. The lowest BCUT2D eigenvalue weighted by atomic mass is 10.0. The van der Waals surface area contributed by atoms with E-state index in [9.17, 15) is 0 Å². The van der Waals surface area contributed by atoms with E-state index in [0.717, 1.165) is 25.0 Å². The van der Waals surface area contributed by atoms with Crippen molar-refractivity contribution in [2.75, 3.05) is 6.54 Å². The van der Waals surface area contributed by atoms with Crippen molar-refractivity contribution in [1.29, 1.82) is 0 Å². The molecular weight excluding hydrogens is 402 g/mol. The van der Waals surface area contributed by atoms with Crippen molar-refractivity contribution in [3.8, 4) is 0 Å². The number of unbranched alkanes of at least 4 members (excludes halogenated alkanes) is 16. The zero-order valence-corrected chi connectivity index (χ0v) is 21.6. The second-order valence-electron chi connectivity index (χ2n) is 9.94. The molecule has 2 heteroatoms. The fourth-order valence-electron chi connectivity index (χ4n) is 4.75. The zero-order valence-electron chi connectivity index (χ0n) is 21.6. The molecule has 2 aromatic rings. The summed E-state index contributed by atoms with van der Waals surface area (Å²) < 4.78 is 5.62. The van der Waals surface area contributed by atoms with Gasteiger partial charge in [-0.05, 0) is 30.9 Å². The largest absolute Gasteiger partial charge is 0.464 e. The fraction of sp³-hybridized carbons (Fsp3) is 0.677. The normalized spacial score (nSPS) is 11.3. The van der Waals surface area contributed by atoms with E-state index in [1.165, 1.54) is 126 Å². The van der Waals surface area contributed by atoms with Crippen LogP contribution >= 0.6 is 0 Å². The highest BCUT2D eigenvalue weighted by Gasteiger charge is 2.04. The average molecular weight is 454 g/mol. The first-order valence-corrected chi connectivity index (χ1v) is 14.2. The molecule has 0 aliphatic rings. The molecule has 186 valence electrons. The molecule has 1 aromatic heterocycles. The molecule has 0 unspecified atom stereocenters. The van der Waals surface area contributed by atoms with Crippen molar-refractivity contribution in [3.05, 3.63) is 48.4 Å². The Hall–Kier alpha value is -1.70. The average Bonchev–Trinajstić information content (AvgIpc) is 3.24. The zero-order chi connectivity index (χ0) is 23.4. The van der Waals surface area contributed by atoms with Gasteiger partial charge in [-0.1, -0.05) is 134 Å². The lowest BCUT2D eigenvalue weighted by Crippen LogP contribution is -2.15. The second kappa shape index (κ2) is 18.7. The van der Waals surface area contributed by atoms with Crippen LogP contribution in [0.5, 0.6) is 0 Å². The summed E-state index contributed by atoms with van der Waals surface area (Å²) in [5.41, 5.74) is 3.45. The van der Waals surface area contributed by atoms with Gasteiger partial charge in [0.25, 0.3) is 0 Å². The first kappa shape index (κ1) is 27.5. The van der Waals surface area contributed by atoms with Gasteiger partial charge in [-0.25, -0.2) is 0 Å². The van der Waals surface area contributed by atoms with Crippen molar-refractivity contribution in [3.63, 3.8) is 0 Å². The van der Waals surface area contributed by atoms with E-state index in [1.54, 1.807) is 0 Å². The Morgan fingerprint density at radius 2 is 1.24 bits per heavy atom. The summed E-state index contributed by atoms with van der Waals surface area (Å²) in [7, 11) is 0. The summed E-state index contributed by atoms with van der Waals surface area (Å²) in [6.07, 6.45) is 28.2. The van der Waals surface area contributed by atoms with Gasteiger partial charge in [0.15, 0.2) is 0 Å². The van der Waals surface area contributed by atoms with E-state index in [1.807, 2.05) is 18.4 Å². The van der Waals surface area contributed by atoms with Gasteiger partial charge >= 0.3 is 0 Å². The molecule has 0 spiro atoms. The lowest BCUT2D eigenvalue weighted by molar-refractivity contribution is 0.526. The quantitative estimate of drug-likeness (QED) is 0.179. The third kappa shape index (κ3) is 12.9. The molecular formula is C31H51NO. The first-order valence-electron chi connectivity index (χ1n) is 14.2. The molecule has 0 saturated heterocycles. The molecule has 1 aromatic carbocycles. The van der Waals surface area contributed by atoms with E-state index < -0.39 is 0 Å². The lowest BCUT2D eigenvalue weighted by Gasteiger charge is -2.09. The van der Waals surface area contributed by atoms with Crippen LogP contribution < -0.4 is 5.32 Å². The molecule has 2 nitrogen and oxygen atoms in total. The van der Waals surface area contributed by atoms with Gasteiger partial charge in [-0.15, -0.1) is 0 Å². The summed E-state index contributed by atoms with van der Waals surface area (Å²) in [5.74, 6) is 0. The van der Waals surface area contributed by atoms with Crippen LogP contribution in [0.15, 0.2) is 47.2 Å². The molecule has 0 saturated carbocycles. The van der Waals surface area contributed by atoms with E-state index in [-0.39, 0.29) is 0 Å². The first-order chi connectivity index (χ1) is 16.3. The molecule has 0 radical (unpaired) electrons. The van der Waals surface area contributed by atoms with E-state index in [0.29, 0.717) is 0 Å². The van der Waals surface area contributed by atoms with Gasteiger partial charge in [-0.3, -0.25) is 0 Å². The summed E-state index contributed by atoms with van der Waals surface area (Å²) in [6.45, 7) is 7.44. The predicted molar refractivity (Wildman–Crippen MR) is 146 cm³/mol. The highest BCUT2D eigenvalue weighted by atomic mass is 16.3. The van der Waals surface area contributed by atoms with Gasteiger partial charge in [0.2, 0.25) is 0 Å². The Labute approximate surface area is 204 Å². The number of para-hydroxylation sites is 1. The van der Waals surface area contributed by atoms with Crippen LogP contribution in [-0.4, -0.2) is 6.54 Å². The van der Waals surface area contributed by atoms with Crippen LogP contribution in [0.2, 0.25) is 0 Å². The van der Waals surface area contributed by atoms with Crippen molar-refractivity contribution in [2.45, 2.75) is 129 Å². The standard InChI is InChI=1S/C31H51NO/c1-3-4-5-6-7-8-9-10-11-12-13-14-15-16-17-18-19-22-28(2)32-26-25-29-27-33-31-24-21-20-23-30(29)31/h20-21,23-24,27,32H,2-19,22,25-26H2,1H3. The molecule has 0 amide bonds. The molecule has 1 heterocycles. The second-order valence-corrected chi connectivity index (χ2v) is 9.94. The SMILES string of the molecule is C=C(CCCCCCCCCCCCCCCCCCC)NCCc1coc2ccccc12. The van der Waals surface area contributed by atoms with E-state index in [4.69, 9.17) is 4.42 Å². The summed E-state index contributed by atoms with van der Waals surface area (Å²) in [4.78, 5) is 0. The van der Waals surface area contributed by atoms with Crippen LogP contribution in [0.3, 0.4) is 0 Å².